The lowest BCUT2D eigenvalue weighted by molar-refractivity contribution is 0.0988. The third-order valence-electron chi connectivity index (χ3n) is 2.85. The van der Waals surface area contributed by atoms with Crippen molar-refractivity contribution in [3.63, 3.8) is 0 Å². The number of amides is 1. The topological polar surface area (TPSA) is 85.0 Å². The van der Waals surface area contributed by atoms with Crippen molar-refractivity contribution in [2.75, 3.05) is 17.7 Å². The van der Waals surface area contributed by atoms with E-state index in [2.05, 4.69) is 15.0 Å². The second-order valence-electron chi connectivity index (χ2n) is 4.74. The van der Waals surface area contributed by atoms with Crippen LogP contribution in [0, 0.1) is 0 Å². The van der Waals surface area contributed by atoms with Crippen LogP contribution in [-0.2, 0) is 0 Å². The van der Waals surface area contributed by atoms with Gasteiger partial charge in [-0.15, -0.1) is 0 Å². The van der Waals surface area contributed by atoms with Crippen molar-refractivity contribution >= 4 is 17.4 Å². The highest BCUT2D eigenvalue weighted by atomic mass is 16.2. The first kappa shape index (κ1) is 13.9. The number of hydrogen-bond donors (Lipinski definition) is 1. The third kappa shape index (κ3) is 2.74. The van der Waals surface area contributed by atoms with E-state index < -0.39 is 0 Å². The van der Waals surface area contributed by atoms with Crippen molar-refractivity contribution in [1.29, 1.82) is 0 Å². The summed E-state index contributed by atoms with van der Waals surface area (Å²) >= 11 is 0. The summed E-state index contributed by atoms with van der Waals surface area (Å²) in [5, 5.41) is 0. The van der Waals surface area contributed by atoms with Crippen molar-refractivity contribution in [2.24, 2.45) is 0 Å². The molecule has 0 fully saturated rings. The smallest absolute Gasteiger partial charge is 0.280 e. The lowest BCUT2D eigenvalue weighted by Crippen LogP contribution is -2.29. The normalized spacial score (nSPS) is 10.6. The van der Waals surface area contributed by atoms with E-state index in [1.807, 2.05) is 19.9 Å². The zero-order chi connectivity index (χ0) is 14.7. The first-order valence-electron chi connectivity index (χ1n) is 6.32. The molecule has 0 aliphatic rings. The summed E-state index contributed by atoms with van der Waals surface area (Å²) in [6.07, 6.45) is 3.10. The number of pyridine rings is 1. The molecule has 0 bridgehead atoms. The molecular weight excluding hydrogens is 254 g/mol. The zero-order valence-corrected chi connectivity index (χ0v) is 11.7. The van der Waals surface area contributed by atoms with Crippen LogP contribution in [0.15, 0.2) is 30.6 Å². The molecule has 0 aromatic carbocycles. The Morgan fingerprint density at radius 3 is 2.65 bits per heavy atom. The summed E-state index contributed by atoms with van der Waals surface area (Å²) in [7, 11) is 1.64. The van der Waals surface area contributed by atoms with Gasteiger partial charge in [0.2, 0.25) is 0 Å². The summed E-state index contributed by atoms with van der Waals surface area (Å²) in [6.45, 7) is 3.92. The summed E-state index contributed by atoms with van der Waals surface area (Å²) < 4.78 is 0. The summed E-state index contributed by atoms with van der Waals surface area (Å²) in [4.78, 5) is 26.4. The van der Waals surface area contributed by atoms with Crippen LogP contribution in [0.2, 0.25) is 0 Å². The number of hydrogen-bond acceptors (Lipinski definition) is 5. The monoisotopic (exact) mass is 271 g/mol. The molecule has 0 saturated carbocycles. The van der Waals surface area contributed by atoms with E-state index in [4.69, 9.17) is 5.73 Å². The Kier molecular flexibility index (Phi) is 3.93. The van der Waals surface area contributed by atoms with Crippen LogP contribution in [0.4, 0.5) is 11.5 Å². The van der Waals surface area contributed by atoms with Crippen molar-refractivity contribution in [2.45, 2.75) is 19.8 Å². The van der Waals surface area contributed by atoms with Gasteiger partial charge in [-0.2, -0.15) is 0 Å². The average molecular weight is 271 g/mol. The maximum Gasteiger partial charge on any atom is 0.280 e. The maximum atomic E-state index is 12.5. The minimum absolute atomic E-state index is 0.127. The summed E-state index contributed by atoms with van der Waals surface area (Å²) in [5.74, 6) is 0.964. The summed E-state index contributed by atoms with van der Waals surface area (Å²) in [5.41, 5.74) is 6.28. The Morgan fingerprint density at radius 1 is 1.30 bits per heavy atom. The molecular formula is C14H17N5O. The first-order valence-corrected chi connectivity index (χ1v) is 6.32. The number of nitrogen functional groups attached to an aromatic ring is 1. The van der Waals surface area contributed by atoms with E-state index in [9.17, 15) is 4.79 Å². The van der Waals surface area contributed by atoms with Crippen molar-refractivity contribution in [1.82, 2.24) is 15.0 Å². The first-order chi connectivity index (χ1) is 9.50. The fraction of sp³-hybridized carbons (Fsp3) is 0.286. The van der Waals surface area contributed by atoms with Crippen LogP contribution < -0.4 is 10.6 Å². The zero-order valence-electron chi connectivity index (χ0n) is 11.7. The van der Waals surface area contributed by atoms with Gasteiger partial charge in [-0.05, 0) is 12.1 Å². The standard InChI is InChI=1S/C14H17N5O/c1-9(2)13-17-8-10(15)12(18-13)14(20)19(3)11-6-4-5-7-16-11/h4-9H,15H2,1-3H3. The molecule has 6 nitrogen and oxygen atoms in total. The van der Waals surface area contributed by atoms with Gasteiger partial charge in [0.05, 0.1) is 11.9 Å². The van der Waals surface area contributed by atoms with Crippen LogP contribution in [0.3, 0.4) is 0 Å². The molecule has 0 atom stereocenters. The second-order valence-corrected chi connectivity index (χ2v) is 4.74. The molecule has 0 unspecified atom stereocenters. The van der Waals surface area contributed by atoms with E-state index >= 15 is 0 Å². The SMILES string of the molecule is CC(C)c1ncc(N)c(C(=O)N(C)c2ccccn2)n1. The minimum Gasteiger partial charge on any atom is -0.396 e. The number of nitrogens with two attached hydrogens (primary N) is 1. The van der Waals surface area contributed by atoms with Crippen LogP contribution in [0.5, 0.6) is 0 Å². The lowest BCUT2D eigenvalue weighted by atomic mass is 10.2. The highest BCUT2D eigenvalue weighted by Crippen LogP contribution is 2.17. The predicted octanol–water partition coefficient (Wildman–Crippen LogP) is 1.85. The molecule has 2 rings (SSSR count). The largest absolute Gasteiger partial charge is 0.396 e. The van der Waals surface area contributed by atoms with Crippen LogP contribution in [0.25, 0.3) is 0 Å². The van der Waals surface area contributed by atoms with Gasteiger partial charge in [0.1, 0.15) is 11.6 Å². The molecule has 0 saturated heterocycles. The van der Waals surface area contributed by atoms with Gasteiger partial charge in [-0.25, -0.2) is 15.0 Å². The molecule has 2 aromatic rings. The molecule has 2 heterocycles. The number of aromatic nitrogens is 3. The molecule has 0 aliphatic heterocycles. The Bertz CT molecular complexity index is 612. The van der Waals surface area contributed by atoms with E-state index in [0.29, 0.717) is 11.6 Å². The molecule has 0 radical (unpaired) electrons. The second kappa shape index (κ2) is 5.64. The van der Waals surface area contributed by atoms with Gasteiger partial charge in [0.25, 0.3) is 5.91 Å². The molecule has 0 spiro atoms. The molecule has 6 heteroatoms. The molecule has 2 aromatic heterocycles. The van der Waals surface area contributed by atoms with E-state index in [0.717, 1.165) is 0 Å². The molecule has 2 N–H and O–H groups in total. The van der Waals surface area contributed by atoms with Gasteiger partial charge in [-0.1, -0.05) is 19.9 Å². The number of anilines is 2. The Balaban J connectivity index is 2.36. The van der Waals surface area contributed by atoms with Crippen LogP contribution in [-0.4, -0.2) is 27.9 Å². The predicted molar refractivity (Wildman–Crippen MR) is 77.5 cm³/mol. The summed E-state index contributed by atoms with van der Waals surface area (Å²) in [6, 6.07) is 5.35. The fourth-order valence-corrected chi connectivity index (χ4v) is 1.67. The molecule has 104 valence electrons. The van der Waals surface area contributed by atoms with Crippen LogP contribution >= 0.6 is 0 Å². The number of carbonyl (C=O) groups excluding carboxylic acids is 1. The Hall–Kier alpha value is -2.50. The molecule has 20 heavy (non-hydrogen) atoms. The van der Waals surface area contributed by atoms with Gasteiger partial charge < -0.3 is 5.73 Å². The third-order valence-corrected chi connectivity index (χ3v) is 2.85. The fourth-order valence-electron chi connectivity index (χ4n) is 1.67. The van der Waals surface area contributed by atoms with E-state index in [1.54, 1.807) is 25.4 Å². The maximum absolute atomic E-state index is 12.5. The molecule has 1 amide bonds. The number of nitrogens with zero attached hydrogens (tertiary/aromatic N) is 4. The van der Waals surface area contributed by atoms with Gasteiger partial charge >= 0.3 is 0 Å². The minimum atomic E-state index is -0.300. The van der Waals surface area contributed by atoms with Gasteiger partial charge in [0, 0.05) is 19.2 Å². The van der Waals surface area contributed by atoms with Crippen molar-refractivity contribution in [3.05, 3.63) is 42.1 Å². The van der Waals surface area contributed by atoms with Gasteiger partial charge in [0.15, 0.2) is 5.69 Å². The Morgan fingerprint density at radius 2 is 2.05 bits per heavy atom. The Labute approximate surface area is 117 Å². The number of rotatable bonds is 3. The number of carbonyl (C=O) groups is 1. The highest BCUT2D eigenvalue weighted by molar-refractivity contribution is 6.06. The van der Waals surface area contributed by atoms with Gasteiger partial charge in [-0.3, -0.25) is 9.69 Å². The highest BCUT2D eigenvalue weighted by Gasteiger charge is 2.20. The lowest BCUT2D eigenvalue weighted by Gasteiger charge is -2.17. The molecule has 0 aliphatic carbocycles. The average Bonchev–Trinajstić information content (AvgIpc) is 2.47. The van der Waals surface area contributed by atoms with Crippen molar-refractivity contribution in [3.8, 4) is 0 Å². The van der Waals surface area contributed by atoms with E-state index in [1.165, 1.54) is 11.1 Å². The quantitative estimate of drug-likeness (QED) is 0.920. The van der Waals surface area contributed by atoms with Crippen LogP contribution in [0.1, 0.15) is 36.1 Å². The van der Waals surface area contributed by atoms with E-state index in [-0.39, 0.29) is 23.2 Å². The van der Waals surface area contributed by atoms with Crippen molar-refractivity contribution < 1.29 is 4.79 Å².